The van der Waals surface area contributed by atoms with Gasteiger partial charge in [0, 0.05) is 18.4 Å². The lowest BCUT2D eigenvalue weighted by Crippen LogP contribution is -2.30. The van der Waals surface area contributed by atoms with Crippen LogP contribution in [0.3, 0.4) is 0 Å². The molecule has 0 spiro atoms. The molecule has 0 amide bonds. The predicted molar refractivity (Wildman–Crippen MR) is 112 cm³/mol. The average molecular weight is 450 g/mol. The van der Waals surface area contributed by atoms with Crippen molar-refractivity contribution in [1.82, 2.24) is 4.31 Å². The van der Waals surface area contributed by atoms with Crippen molar-refractivity contribution < 1.29 is 26.0 Å². The quantitative estimate of drug-likeness (QED) is 0.497. The Balaban J connectivity index is 1.99. The first-order valence-electron chi connectivity index (χ1n) is 9.25. The van der Waals surface area contributed by atoms with E-state index < -0.39 is 19.9 Å². The molecule has 0 N–H and O–H groups in total. The van der Waals surface area contributed by atoms with Crippen LogP contribution in [0.25, 0.3) is 0 Å². The zero-order valence-electron chi connectivity index (χ0n) is 16.7. The van der Waals surface area contributed by atoms with Crippen molar-refractivity contribution >= 4 is 19.9 Å². The highest BCUT2D eigenvalue weighted by atomic mass is 32.2. The lowest BCUT2D eigenvalue weighted by Gasteiger charge is -2.23. The second-order valence-corrected chi connectivity index (χ2v) is 10.6. The molecule has 0 aliphatic carbocycles. The van der Waals surface area contributed by atoms with Crippen molar-refractivity contribution in [1.29, 1.82) is 0 Å². The van der Waals surface area contributed by atoms with E-state index in [9.17, 15) is 16.8 Å². The summed E-state index contributed by atoms with van der Waals surface area (Å²) in [5.74, 6) is 1.09. The maximum absolute atomic E-state index is 13.4. The number of ether oxygens (including phenoxy) is 1. The molecule has 3 aromatic rings. The Labute approximate surface area is 176 Å². The number of sulfone groups is 1. The van der Waals surface area contributed by atoms with Crippen molar-refractivity contribution in [2.24, 2.45) is 0 Å². The second kappa shape index (κ2) is 9.03. The van der Waals surface area contributed by atoms with Gasteiger partial charge in [-0.2, -0.15) is 4.31 Å². The minimum absolute atomic E-state index is 0.00431. The van der Waals surface area contributed by atoms with Crippen LogP contribution in [-0.2, 0) is 33.0 Å². The maximum Gasteiger partial charge on any atom is 0.243 e. The Morgan fingerprint density at radius 1 is 0.867 bits per heavy atom. The second-order valence-electron chi connectivity index (χ2n) is 6.64. The SMILES string of the molecule is CCOc1ccccc1CN(Cc1ccco1)S(=O)(=O)c1ccc(S(C)(=O)=O)cc1. The van der Waals surface area contributed by atoms with Gasteiger partial charge in [0.05, 0.1) is 29.2 Å². The van der Waals surface area contributed by atoms with E-state index in [-0.39, 0.29) is 22.9 Å². The Kier molecular flexibility index (Phi) is 6.64. The average Bonchev–Trinajstić information content (AvgIpc) is 3.22. The first-order valence-corrected chi connectivity index (χ1v) is 12.6. The van der Waals surface area contributed by atoms with Crippen molar-refractivity contribution in [2.75, 3.05) is 12.9 Å². The van der Waals surface area contributed by atoms with Gasteiger partial charge in [-0.25, -0.2) is 16.8 Å². The highest BCUT2D eigenvalue weighted by Crippen LogP contribution is 2.26. The van der Waals surface area contributed by atoms with E-state index in [0.717, 1.165) is 6.26 Å². The normalized spacial score (nSPS) is 12.2. The molecule has 0 unspecified atom stereocenters. The summed E-state index contributed by atoms with van der Waals surface area (Å²) in [6, 6.07) is 15.8. The van der Waals surface area contributed by atoms with Gasteiger partial charge in [0.15, 0.2) is 9.84 Å². The summed E-state index contributed by atoms with van der Waals surface area (Å²) in [4.78, 5) is 0.0519. The number of hydrogen-bond acceptors (Lipinski definition) is 6. The molecule has 3 rings (SSSR count). The molecule has 1 aromatic heterocycles. The maximum atomic E-state index is 13.4. The molecular formula is C21H23NO6S2. The van der Waals surface area contributed by atoms with Gasteiger partial charge >= 0.3 is 0 Å². The molecule has 1 heterocycles. The molecule has 0 atom stereocenters. The predicted octanol–water partition coefficient (Wildman–Crippen LogP) is 3.47. The third-order valence-corrected chi connectivity index (χ3v) is 7.36. The lowest BCUT2D eigenvalue weighted by molar-refractivity contribution is 0.321. The summed E-state index contributed by atoms with van der Waals surface area (Å²) < 4.78 is 62.4. The van der Waals surface area contributed by atoms with E-state index in [1.165, 1.54) is 34.8 Å². The molecular weight excluding hydrogens is 426 g/mol. The molecule has 160 valence electrons. The van der Waals surface area contributed by atoms with Crippen molar-refractivity contribution in [3.63, 3.8) is 0 Å². The summed E-state index contributed by atoms with van der Waals surface area (Å²) in [5.41, 5.74) is 0.710. The Morgan fingerprint density at radius 3 is 2.13 bits per heavy atom. The number of rotatable bonds is 9. The van der Waals surface area contributed by atoms with Crippen molar-refractivity contribution in [3.05, 3.63) is 78.3 Å². The Morgan fingerprint density at radius 2 is 1.53 bits per heavy atom. The van der Waals surface area contributed by atoms with Crippen LogP contribution in [0.1, 0.15) is 18.2 Å². The Hall–Kier alpha value is -2.62. The van der Waals surface area contributed by atoms with Crippen molar-refractivity contribution in [2.45, 2.75) is 29.8 Å². The largest absolute Gasteiger partial charge is 0.494 e. The van der Waals surface area contributed by atoms with Crippen LogP contribution in [0.2, 0.25) is 0 Å². The molecule has 9 heteroatoms. The minimum Gasteiger partial charge on any atom is -0.494 e. The van der Waals surface area contributed by atoms with E-state index in [0.29, 0.717) is 23.7 Å². The zero-order chi connectivity index (χ0) is 21.8. The highest BCUT2D eigenvalue weighted by molar-refractivity contribution is 7.90. The summed E-state index contributed by atoms with van der Waals surface area (Å²) in [6.07, 6.45) is 2.56. The molecule has 0 bridgehead atoms. The van der Waals surface area contributed by atoms with Gasteiger partial charge < -0.3 is 9.15 Å². The fourth-order valence-electron chi connectivity index (χ4n) is 2.93. The van der Waals surface area contributed by atoms with E-state index in [4.69, 9.17) is 9.15 Å². The smallest absolute Gasteiger partial charge is 0.243 e. The van der Waals surface area contributed by atoms with E-state index in [1.54, 1.807) is 18.2 Å². The fourth-order valence-corrected chi connectivity index (χ4v) is 4.95. The van der Waals surface area contributed by atoms with Gasteiger partial charge in [0.1, 0.15) is 11.5 Å². The molecule has 2 aromatic carbocycles. The third kappa shape index (κ3) is 5.10. The van der Waals surface area contributed by atoms with Crippen LogP contribution in [0.15, 0.2) is 81.1 Å². The highest BCUT2D eigenvalue weighted by Gasteiger charge is 2.27. The summed E-state index contributed by atoms with van der Waals surface area (Å²) >= 11 is 0. The van der Waals surface area contributed by atoms with Gasteiger partial charge in [-0.15, -0.1) is 0 Å². The number of nitrogens with zero attached hydrogens (tertiary/aromatic N) is 1. The van der Waals surface area contributed by atoms with Crippen molar-refractivity contribution in [3.8, 4) is 5.75 Å². The number of furan rings is 1. The molecule has 0 aliphatic rings. The van der Waals surface area contributed by atoms with Gasteiger partial charge in [-0.3, -0.25) is 0 Å². The number of sulfonamides is 1. The molecule has 30 heavy (non-hydrogen) atoms. The van der Waals surface area contributed by atoms with Gasteiger partial charge in [0.2, 0.25) is 10.0 Å². The third-order valence-electron chi connectivity index (χ3n) is 4.42. The Bertz CT molecular complexity index is 1180. The fraction of sp³-hybridized carbons (Fsp3) is 0.238. The van der Waals surface area contributed by atoms with Crippen LogP contribution in [-0.4, -0.2) is 34.0 Å². The summed E-state index contributed by atoms with van der Waals surface area (Å²) in [6.45, 7) is 2.39. The summed E-state index contributed by atoms with van der Waals surface area (Å²) in [5, 5.41) is 0. The molecule has 7 nitrogen and oxygen atoms in total. The standard InChI is InChI=1S/C21H23NO6S2/c1-3-27-21-9-5-4-7-17(21)15-22(16-18-8-6-14-28-18)30(25,26)20-12-10-19(11-13-20)29(2,23)24/h4-14H,3,15-16H2,1-2H3. The monoisotopic (exact) mass is 449 g/mol. The number of para-hydroxylation sites is 1. The summed E-state index contributed by atoms with van der Waals surface area (Å²) in [7, 11) is -7.37. The van der Waals surface area contributed by atoms with E-state index in [2.05, 4.69) is 0 Å². The van der Waals surface area contributed by atoms with Crippen LogP contribution in [0, 0.1) is 0 Å². The van der Waals surface area contributed by atoms with Gasteiger partial charge in [-0.05, 0) is 49.4 Å². The van der Waals surface area contributed by atoms with Crippen LogP contribution < -0.4 is 4.74 Å². The minimum atomic E-state index is -3.95. The first kappa shape index (κ1) is 22.1. The van der Waals surface area contributed by atoms with Crippen LogP contribution in [0.4, 0.5) is 0 Å². The topological polar surface area (TPSA) is 93.9 Å². The lowest BCUT2D eigenvalue weighted by atomic mass is 10.2. The zero-order valence-corrected chi connectivity index (χ0v) is 18.3. The molecule has 0 aliphatic heterocycles. The van der Waals surface area contributed by atoms with Gasteiger partial charge in [-0.1, -0.05) is 18.2 Å². The van der Waals surface area contributed by atoms with Crippen LogP contribution in [0.5, 0.6) is 5.75 Å². The molecule has 0 radical (unpaired) electrons. The van der Waals surface area contributed by atoms with E-state index >= 15 is 0 Å². The number of hydrogen-bond donors (Lipinski definition) is 0. The number of benzene rings is 2. The molecule has 0 saturated carbocycles. The first-order chi connectivity index (χ1) is 14.2. The molecule has 0 saturated heterocycles. The van der Waals surface area contributed by atoms with Crippen LogP contribution >= 0.6 is 0 Å². The van der Waals surface area contributed by atoms with Gasteiger partial charge in [0.25, 0.3) is 0 Å². The molecule has 0 fully saturated rings. The van der Waals surface area contributed by atoms with E-state index in [1.807, 2.05) is 25.1 Å².